The van der Waals surface area contributed by atoms with Crippen LogP contribution in [0, 0.1) is 10.1 Å². The van der Waals surface area contributed by atoms with E-state index in [1.807, 2.05) is 0 Å². The standard InChI is InChI=1S/C12H8Cl2N2O3/c13-7-5-10(16(17)18)12(6-8(7)14)19-11-4-2-1-3-9(11)15/h1-6H,15H2. The van der Waals surface area contributed by atoms with Gasteiger partial charge in [0.25, 0.3) is 0 Å². The number of halogens is 2. The number of para-hydroxylation sites is 2. The van der Waals surface area contributed by atoms with Crippen molar-refractivity contribution in [2.45, 2.75) is 0 Å². The molecule has 0 spiro atoms. The number of benzene rings is 2. The monoisotopic (exact) mass is 298 g/mol. The maximum Gasteiger partial charge on any atom is 0.313 e. The molecule has 2 aromatic rings. The summed E-state index contributed by atoms with van der Waals surface area (Å²) in [5.41, 5.74) is 5.79. The largest absolute Gasteiger partial charge is 0.448 e. The van der Waals surface area contributed by atoms with Gasteiger partial charge in [0.05, 0.1) is 20.7 Å². The van der Waals surface area contributed by atoms with Gasteiger partial charge in [0.1, 0.15) is 0 Å². The van der Waals surface area contributed by atoms with Gasteiger partial charge in [0, 0.05) is 12.1 Å². The molecule has 0 fully saturated rings. The fourth-order valence-corrected chi connectivity index (χ4v) is 1.75. The van der Waals surface area contributed by atoms with Gasteiger partial charge in [-0.3, -0.25) is 10.1 Å². The second-order valence-corrected chi connectivity index (χ2v) is 4.45. The van der Waals surface area contributed by atoms with E-state index in [9.17, 15) is 10.1 Å². The quantitative estimate of drug-likeness (QED) is 0.521. The summed E-state index contributed by atoms with van der Waals surface area (Å²) in [6.45, 7) is 0. The van der Waals surface area contributed by atoms with Crippen LogP contribution in [0.3, 0.4) is 0 Å². The van der Waals surface area contributed by atoms with Gasteiger partial charge in [0.15, 0.2) is 5.75 Å². The highest BCUT2D eigenvalue weighted by Crippen LogP contribution is 2.39. The van der Waals surface area contributed by atoms with Crippen molar-refractivity contribution < 1.29 is 9.66 Å². The van der Waals surface area contributed by atoms with Crippen molar-refractivity contribution in [2.24, 2.45) is 0 Å². The number of nitrogens with two attached hydrogens (primary N) is 1. The van der Waals surface area contributed by atoms with Gasteiger partial charge in [0.2, 0.25) is 5.75 Å². The maximum atomic E-state index is 11.0. The SMILES string of the molecule is Nc1ccccc1Oc1cc(Cl)c(Cl)cc1[N+](=O)[O-]. The van der Waals surface area contributed by atoms with Crippen molar-refractivity contribution >= 4 is 34.6 Å². The zero-order valence-corrected chi connectivity index (χ0v) is 11.0. The molecule has 0 aliphatic rings. The van der Waals surface area contributed by atoms with E-state index in [2.05, 4.69) is 0 Å². The second kappa shape index (κ2) is 5.34. The van der Waals surface area contributed by atoms with E-state index < -0.39 is 4.92 Å². The molecule has 0 aliphatic heterocycles. The molecule has 0 aliphatic carbocycles. The molecule has 7 heteroatoms. The van der Waals surface area contributed by atoms with Crippen molar-refractivity contribution in [3.8, 4) is 11.5 Å². The van der Waals surface area contributed by atoms with E-state index in [1.165, 1.54) is 6.07 Å². The molecule has 0 unspecified atom stereocenters. The minimum Gasteiger partial charge on any atom is -0.448 e. The number of nitrogen functional groups attached to an aromatic ring is 1. The van der Waals surface area contributed by atoms with E-state index in [0.29, 0.717) is 11.4 Å². The van der Waals surface area contributed by atoms with Crippen LogP contribution in [0.15, 0.2) is 36.4 Å². The second-order valence-electron chi connectivity index (χ2n) is 3.63. The minimum absolute atomic E-state index is 0.0164. The third kappa shape index (κ3) is 2.89. The Labute approximate surface area is 118 Å². The van der Waals surface area contributed by atoms with Gasteiger partial charge >= 0.3 is 5.69 Å². The highest BCUT2D eigenvalue weighted by atomic mass is 35.5. The molecular formula is C12H8Cl2N2O3. The van der Waals surface area contributed by atoms with Crippen LogP contribution in [0.25, 0.3) is 0 Å². The first-order valence-corrected chi connectivity index (χ1v) is 5.90. The predicted octanol–water partition coefficient (Wildman–Crippen LogP) is 4.28. The zero-order valence-electron chi connectivity index (χ0n) is 9.47. The number of nitro benzene ring substituents is 1. The molecule has 5 nitrogen and oxygen atoms in total. The van der Waals surface area contributed by atoms with Crippen LogP contribution in [0.4, 0.5) is 11.4 Å². The van der Waals surface area contributed by atoms with Crippen molar-refractivity contribution in [3.63, 3.8) is 0 Å². The fourth-order valence-electron chi connectivity index (χ4n) is 1.43. The molecule has 2 N–H and O–H groups in total. The Kier molecular flexibility index (Phi) is 3.78. The summed E-state index contributed by atoms with van der Waals surface area (Å²) in [4.78, 5) is 10.4. The predicted molar refractivity (Wildman–Crippen MR) is 74.0 cm³/mol. The molecule has 0 atom stereocenters. The third-order valence-electron chi connectivity index (χ3n) is 2.34. The molecule has 0 saturated heterocycles. The van der Waals surface area contributed by atoms with Crippen LogP contribution in [-0.2, 0) is 0 Å². The van der Waals surface area contributed by atoms with Crippen LogP contribution >= 0.6 is 23.2 Å². The van der Waals surface area contributed by atoms with Crippen LogP contribution in [0.1, 0.15) is 0 Å². The normalized spacial score (nSPS) is 10.2. The molecule has 0 saturated carbocycles. The Morgan fingerprint density at radius 2 is 1.74 bits per heavy atom. The van der Waals surface area contributed by atoms with Gasteiger partial charge in [-0.05, 0) is 12.1 Å². The summed E-state index contributed by atoms with van der Waals surface area (Å²) in [6.07, 6.45) is 0. The average Bonchev–Trinajstić information content (AvgIpc) is 2.36. The minimum atomic E-state index is -0.601. The topological polar surface area (TPSA) is 78.4 Å². The van der Waals surface area contributed by atoms with E-state index in [1.54, 1.807) is 24.3 Å². The average molecular weight is 299 g/mol. The van der Waals surface area contributed by atoms with Gasteiger partial charge in [-0.1, -0.05) is 35.3 Å². The number of nitrogens with zero attached hydrogens (tertiary/aromatic N) is 1. The highest BCUT2D eigenvalue weighted by molar-refractivity contribution is 6.42. The van der Waals surface area contributed by atoms with Gasteiger partial charge in [-0.25, -0.2) is 0 Å². The summed E-state index contributed by atoms with van der Waals surface area (Å²) in [6, 6.07) is 9.08. The first kappa shape index (κ1) is 13.5. The summed E-state index contributed by atoms with van der Waals surface area (Å²) >= 11 is 11.6. The van der Waals surface area contributed by atoms with Crippen LogP contribution in [0.5, 0.6) is 11.5 Å². The highest BCUT2D eigenvalue weighted by Gasteiger charge is 2.19. The Morgan fingerprint density at radius 1 is 1.11 bits per heavy atom. The Hall–Kier alpha value is -1.98. The molecule has 0 aromatic heterocycles. The van der Waals surface area contributed by atoms with Crippen molar-refractivity contribution in [1.29, 1.82) is 0 Å². The zero-order chi connectivity index (χ0) is 14.0. The number of rotatable bonds is 3. The van der Waals surface area contributed by atoms with Crippen LogP contribution < -0.4 is 10.5 Å². The lowest BCUT2D eigenvalue weighted by atomic mass is 10.2. The Balaban J connectivity index is 2.48. The van der Waals surface area contributed by atoms with E-state index in [4.69, 9.17) is 33.7 Å². The summed E-state index contributed by atoms with van der Waals surface area (Å²) < 4.78 is 5.43. The fraction of sp³-hybridized carbons (Fsp3) is 0. The molecule has 0 radical (unpaired) electrons. The van der Waals surface area contributed by atoms with Crippen molar-refractivity contribution in [3.05, 3.63) is 56.6 Å². The maximum absolute atomic E-state index is 11.0. The summed E-state index contributed by atoms with van der Waals surface area (Å²) in [7, 11) is 0. The number of hydrogen-bond acceptors (Lipinski definition) is 4. The van der Waals surface area contributed by atoms with Crippen LogP contribution in [-0.4, -0.2) is 4.92 Å². The van der Waals surface area contributed by atoms with E-state index in [0.717, 1.165) is 6.07 Å². The molecule has 2 aromatic carbocycles. The first-order chi connectivity index (χ1) is 8.99. The lowest BCUT2D eigenvalue weighted by Gasteiger charge is -2.09. The smallest absolute Gasteiger partial charge is 0.313 e. The molecule has 2 rings (SSSR count). The molecule has 0 amide bonds. The summed E-state index contributed by atoms with van der Waals surface area (Å²) in [5.74, 6) is 0.293. The molecule has 0 bridgehead atoms. The lowest BCUT2D eigenvalue weighted by Crippen LogP contribution is -1.96. The molecule has 0 heterocycles. The Bertz CT molecular complexity index is 647. The van der Waals surface area contributed by atoms with Gasteiger partial charge in [-0.2, -0.15) is 0 Å². The summed E-state index contributed by atoms with van der Waals surface area (Å²) in [5, 5.41) is 11.2. The first-order valence-electron chi connectivity index (χ1n) is 5.15. The Morgan fingerprint density at radius 3 is 2.37 bits per heavy atom. The van der Waals surface area contributed by atoms with Crippen molar-refractivity contribution in [1.82, 2.24) is 0 Å². The number of ether oxygens (including phenoxy) is 1. The van der Waals surface area contributed by atoms with Crippen LogP contribution in [0.2, 0.25) is 10.0 Å². The number of hydrogen-bond donors (Lipinski definition) is 1. The molecule has 98 valence electrons. The number of anilines is 1. The molecule has 19 heavy (non-hydrogen) atoms. The lowest BCUT2D eigenvalue weighted by molar-refractivity contribution is -0.385. The van der Waals surface area contributed by atoms with E-state index >= 15 is 0 Å². The van der Waals surface area contributed by atoms with Gasteiger partial charge < -0.3 is 10.5 Å². The van der Waals surface area contributed by atoms with E-state index in [-0.39, 0.29) is 21.5 Å². The third-order valence-corrected chi connectivity index (χ3v) is 3.06. The molecular weight excluding hydrogens is 291 g/mol. The van der Waals surface area contributed by atoms with Crippen molar-refractivity contribution in [2.75, 3.05) is 5.73 Å². The van der Waals surface area contributed by atoms with Gasteiger partial charge in [-0.15, -0.1) is 0 Å². The number of nitro groups is 1.